The minimum atomic E-state index is -0.242. The van der Waals surface area contributed by atoms with E-state index in [9.17, 15) is 4.39 Å². The van der Waals surface area contributed by atoms with Crippen LogP contribution < -0.4 is 0 Å². The van der Waals surface area contributed by atoms with Gasteiger partial charge < -0.3 is 5.21 Å². The van der Waals surface area contributed by atoms with Crippen molar-refractivity contribution in [1.82, 2.24) is 0 Å². The van der Waals surface area contributed by atoms with Gasteiger partial charge >= 0.3 is 0 Å². The molecule has 0 saturated heterocycles. The molecule has 0 aliphatic heterocycles. The lowest BCUT2D eigenvalue weighted by molar-refractivity contribution is 0.319. The van der Waals surface area contributed by atoms with Gasteiger partial charge in [0, 0.05) is 4.88 Å². The van der Waals surface area contributed by atoms with E-state index in [4.69, 9.17) is 5.21 Å². The normalized spacial score (nSPS) is 11.8. The first kappa shape index (κ1) is 10.8. The predicted molar refractivity (Wildman–Crippen MR) is 63.7 cm³/mol. The first-order valence-electron chi connectivity index (χ1n) is 4.75. The van der Waals surface area contributed by atoms with E-state index in [1.165, 1.54) is 23.5 Å². The second-order valence-corrected chi connectivity index (χ2v) is 4.44. The summed E-state index contributed by atoms with van der Waals surface area (Å²) in [5.74, 6) is -0.242. The molecule has 0 fully saturated rings. The Balaban J connectivity index is 2.35. The van der Waals surface area contributed by atoms with Crippen molar-refractivity contribution in [3.05, 3.63) is 47.1 Å². The third-order valence-electron chi connectivity index (χ3n) is 2.24. The molecule has 2 rings (SSSR count). The molecule has 1 N–H and O–H groups in total. The number of oxime groups is 1. The van der Waals surface area contributed by atoms with Crippen LogP contribution in [0.15, 0.2) is 41.6 Å². The molecule has 1 aromatic heterocycles. The zero-order chi connectivity index (χ0) is 11.5. The van der Waals surface area contributed by atoms with Gasteiger partial charge in [-0.15, -0.1) is 11.3 Å². The van der Waals surface area contributed by atoms with Crippen LogP contribution >= 0.6 is 11.3 Å². The van der Waals surface area contributed by atoms with Crippen molar-refractivity contribution >= 4 is 17.0 Å². The van der Waals surface area contributed by atoms with Crippen LogP contribution in [0.1, 0.15) is 11.8 Å². The van der Waals surface area contributed by atoms with Gasteiger partial charge in [0.05, 0.1) is 10.6 Å². The molecule has 0 radical (unpaired) electrons. The number of rotatable bonds is 2. The molecular formula is C12H10FNOS. The maximum atomic E-state index is 12.7. The van der Waals surface area contributed by atoms with Gasteiger partial charge in [0.2, 0.25) is 0 Å². The number of thiophene rings is 1. The highest BCUT2D eigenvalue weighted by Gasteiger charge is 2.05. The maximum Gasteiger partial charge on any atom is 0.123 e. The predicted octanol–water partition coefficient (Wildman–Crippen LogP) is 3.75. The molecule has 0 unspecified atom stereocenters. The van der Waals surface area contributed by atoms with Crippen LogP contribution in [0.3, 0.4) is 0 Å². The summed E-state index contributed by atoms with van der Waals surface area (Å²) in [7, 11) is 0. The van der Waals surface area contributed by atoms with Crippen molar-refractivity contribution in [2.24, 2.45) is 5.16 Å². The lowest BCUT2D eigenvalue weighted by atomic mass is 10.2. The topological polar surface area (TPSA) is 32.6 Å². The van der Waals surface area contributed by atoms with E-state index in [-0.39, 0.29) is 5.82 Å². The second-order valence-electron chi connectivity index (χ2n) is 3.36. The molecule has 2 aromatic rings. The molecular weight excluding hydrogens is 225 g/mol. The molecule has 2 nitrogen and oxygen atoms in total. The van der Waals surface area contributed by atoms with Crippen LogP contribution in [0.4, 0.5) is 4.39 Å². The Morgan fingerprint density at radius 3 is 2.50 bits per heavy atom. The Hall–Kier alpha value is -1.68. The number of nitrogens with zero attached hydrogens (tertiary/aromatic N) is 1. The Morgan fingerprint density at radius 1 is 1.19 bits per heavy atom. The van der Waals surface area contributed by atoms with Crippen LogP contribution in [-0.2, 0) is 0 Å². The lowest BCUT2D eigenvalue weighted by Crippen LogP contribution is -1.87. The molecule has 82 valence electrons. The third kappa shape index (κ3) is 2.12. The van der Waals surface area contributed by atoms with E-state index in [0.717, 1.165) is 15.3 Å². The van der Waals surface area contributed by atoms with Crippen LogP contribution in [0, 0.1) is 5.82 Å². The smallest absolute Gasteiger partial charge is 0.123 e. The summed E-state index contributed by atoms with van der Waals surface area (Å²) in [6, 6.07) is 10.1. The monoisotopic (exact) mass is 235 g/mol. The molecule has 0 aliphatic rings. The molecule has 0 spiro atoms. The summed E-state index contributed by atoms with van der Waals surface area (Å²) in [4.78, 5) is 1.93. The van der Waals surface area contributed by atoms with Crippen molar-refractivity contribution in [2.75, 3.05) is 0 Å². The van der Waals surface area contributed by atoms with Crippen LogP contribution in [0.5, 0.6) is 0 Å². The van der Waals surface area contributed by atoms with E-state index in [0.29, 0.717) is 5.71 Å². The van der Waals surface area contributed by atoms with Crippen LogP contribution in [0.2, 0.25) is 0 Å². The maximum absolute atomic E-state index is 12.7. The summed E-state index contributed by atoms with van der Waals surface area (Å²) in [6.45, 7) is 1.74. The molecule has 0 bridgehead atoms. The van der Waals surface area contributed by atoms with Gasteiger partial charge in [0.25, 0.3) is 0 Å². The molecule has 4 heteroatoms. The minimum absolute atomic E-state index is 0.242. The number of hydrogen-bond donors (Lipinski definition) is 1. The van der Waals surface area contributed by atoms with E-state index >= 15 is 0 Å². The number of halogens is 1. The number of hydrogen-bond acceptors (Lipinski definition) is 3. The molecule has 16 heavy (non-hydrogen) atoms. The van der Waals surface area contributed by atoms with Gasteiger partial charge in [-0.25, -0.2) is 4.39 Å². The van der Waals surface area contributed by atoms with Crippen LogP contribution in [0.25, 0.3) is 10.4 Å². The van der Waals surface area contributed by atoms with E-state index in [1.807, 2.05) is 12.1 Å². The Bertz CT molecular complexity index is 516. The van der Waals surface area contributed by atoms with E-state index in [1.54, 1.807) is 19.1 Å². The van der Waals surface area contributed by atoms with Crippen molar-refractivity contribution < 1.29 is 9.60 Å². The Kier molecular flexibility index (Phi) is 3.01. The summed E-state index contributed by atoms with van der Waals surface area (Å²) < 4.78 is 12.7. The molecule has 1 aromatic carbocycles. The number of benzene rings is 1. The van der Waals surface area contributed by atoms with Gasteiger partial charge in [-0.2, -0.15) is 0 Å². The summed E-state index contributed by atoms with van der Waals surface area (Å²) >= 11 is 1.51. The first-order valence-corrected chi connectivity index (χ1v) is 5.57. The van der Waals surface area contributed by atoms with Crippen molar-refractivity contribution in [1.29, 1.82) is 0 Å². The van der Waals surface area contributed by atoms with Gasteiger partial charge in [-0.1, -0.05) is 17.3 Å². The fourth-order valence-corrected chi connectivity index (χ4v) is 2.30. The van der Waals surface area contributed by atoms with Crippen LogP contribution in [-0.4, -0.2) is 10.9 Å². The highest BCUT2D eigenvalue weighted by Crippen LogP contribution is 2.28. The average molecular weight is 235 g/mol. The Morgan fingerprint density at radius 2 is 1.88 bits per heavy atom. The third-order valence-corrected chi connectivity index (χ3v) is 3.48. The van der Waals surface area contributed by atoms with Gasteiger partial charge in [0.15, 0.2) is 0 Å². The highest BCUT2D eigenvalue weighted by atomic mass is 32.1. The quantitative estimate of drug-likeness (QED) is 0.480. The van der Waals surface area contributed by atoms with Gasteiger partial charge in [-0.05, 0) is 36.8 Å². The lowest BCUT2D eigenvalue weighted by Gasteiger charge is -1.96. The molecule has 0 aliphatic carbocycles. The SMILES string of the molecule is C/C(=N\O)c1ccc(-c2ccc(F)cc2)s1. The zero-order valence-electron chi connectivity index (χ0n) is 8.64. The van der Waals surface area contributed by atoms with Gasteiger partial charge in [-0.3, -0.25) is 0 Å². The second kappa shape index (κ2) is 4.45. The van der Waals surface area contributed by atoms with Crippen molar-refractivity contribution in [3.63, 3.8) is 0 Å². The van der Waals surface area contributed by atoms with Crippen molar-refractivity contribution in [2.45, 2.75) is 6.92 Å². The minimum Gasteiger partial charge on any atom is -0.411 e. The molecule has 0 amide bonds. The standard InChI is InChI=1S/C12H10FNOS/c1-8(14-15)11-6-7-12(16-11)9-2-4-10(13)5-3-9/h2-7,15H,1H3/b14-8+. The fourth-order valence-electron chi connectivity index (χ4n) is 1.35. The summed E-state index contributed by atoms with van der Waals surface area (Å²) in [5, 5.41) is 11.8. The summed E-state index contributed by atoms with van der Waals surface area (Å²) in [6.07, 6.45) is 0. The fraction of sp³-hybridized carbons (Fsp3) is 0.0833. The molecule has 0 saturated carbocycles. The van der Waals surface area contributed by atoms with E-state index in [2.05, 4.69) is 5.16 Å². The van der Waals surface area contributed by atoms with E-state index < -0.39 is 0 Å². The largest absolute Gasteiger partial charge is 0.411 e. The average Bonchev–Trinajstić information content (AvgIpc) is 2.78. The van der Waals surface area contributed by atoms with Crippen molar-refractivity contribution in [3.8, 4) is 10.4 Å². The first-order chi connectivity index (χ1) is 7.70. The zero-order valence-corrected chi connectivity index (χ0v) is 9.46. The molecule has 1 heterocycles. The Labute approximate surface area is 96.7 Å². The summed E-state index contributed by atoms with van der Waals surface area (Å²) in [5.41, 5.74) is 1.54. The highest BCUT2D eigenvalue weighted by molar-refractivity contribution is 7.17. The molecule has 0 atom stereocenters. The van der Waals surface area contributed by atoms with Gasteiger partial charge in [0.1, 0.15) is 5.82 Å².